The van der Waals surface area contributed by atoms with Gasteiger partial charge in [-0.1, -0.05) is 13.0 Å². The number of rotatable bonds is 6. The molecule has 0 aliphatic carbocycles. The molecule has 0 spiro atoms. The van der Waals surface area contributed by atoms with E-state index in [1.165, 1.54) is 0 Å². The van der Waals surface area contributed by atoms with Gasteiger partial charge in [-0.15, -0.1) is 0 Å². The molecular formula is C26H28O10. The first-order chi connectivity index (χ1) is 17.3. The second-order valence-corrected chi connectivity index (χ2v) is 8.92. The number of hydrogen-bond donors (Lipinski definition) is 4. The third-order valence-electron chi connectivity index (χ3n) is 6.69. The summed E-state index contributed by atoms with van der Waals surface area (Å²) in [5.41, 5.74) is 1.97. The molecular weight excluding hydrogens is 472 g/mol. The zero-order valence-electron chi connectivity index (χ0n) is 19.8. The molecule has 4 N–H and O–H groups in total. The highest BCUT2D eigenvalue weighted by Gasteiger charge is 2.43. The molecule has 1 fully saturated rings. The molecule has 1 aromatic heterocycles. The third-order valence-corrected chi connectivity index (χ3v) is 6.69. The fourth-order valence-electron chi connectivity index (χ4n) is 4.66. The van der Waals surface area contributed by atoms with E-state index in [2.05, 4.69) is 0 Å². The molecule has 192 valence electrons. The predicted molar refractivity (Wildman–Crippen MR) is 127 cm³/mol. The van der Waals surface area contributed by atoms with Gasteiger partial charge in [0.05, 0.1) is 17.6 Å². The monoisotopic (exact) mass is 500 g/mol. The first kappa shape index (κ1) is 24.5. The van der Waals surface area contributed by atoms with E-state index >= 15 is 0 Å². The second-order valence-electron chi connectivity index (χ2n) is 8.92. The Hall–Kier alpha value is -3.15. The Morgan fingerprint density at radius 2 is 1.75 bits per heavy atom. The molecule has 10 heteroatoms. The van der Waals surface area contributed by atoms with Crippen LogP contribution in [0.5, 0.6) is 17.2 Å². The smallest absolute Gasteiger partial charge is 0.231 e. The van der Waals surface area contributed by atoms with Crippen molar-refractivity contribution in [2.24, 2.45) is 0 Å². The van der Waals surface area contributed by atoms with E-state index in [-0.39, 0.29) is 18.8 Å². The minimum Gasteiger partial charge on any atom is -0.490 e. The van der Waals surface area contributed by atoms with E-state index in [0.717, 1.165) is 5.56 Å². The maximum atomic E-state index is 13.5. The number of ether oxygens (including phenoxy) is 4. The van der Waals surface area contributed by atoms with E-state index in [9.17, 15) is 25.2 Å². The van der Waals surface area contributed by atoms with Crippen LogP contribution < -0.4 is 19.6 Å². The van der Waals surface area contributed by atoms with Crippen LogP contribution in [0.4, 0.5) is 0 Å². The predicted octanol–water partition coefficient (Wildman–Crippen LogP) is 1.28. The van der Waals surface area contributed by atoms with Crippen LogP contribution in [-0.4, -0.2) is 71.0 Å². The summed E-state index contributed by atoms with van der Waals surface area (Å²) >= 11 is 0. The molecule has 5 atom stereocenters. The topological polar surface area (TPSA) is 148 Å². The van der Waals surface area contributed by atoms with Crippen molar-refractivity contribution in [2.45, 2.75) is 50.8 Å². The lowest BCUT2D eigenvalue weighted by Crippen LogP contribution is -2.59. The van der Waals surface area contributed by atoms with E-state index in [1.807, 2.05) is 6.92 Å². The molecule has 2 aliphatic rings. The van der Waals surface area contributed by atoms with Crippen LogP contribution in [0.2, 0.25) is 0 Å². The van der Waals surface area contributed by atoms with Crippen LogP contribution in [0.15, 0.2) is 39.5 Å². The van der Waals surface area contributed by atoms with Gasteiger partial charge in [0.1, 0.15) is 54.2 Å². The summed E-state index contributed by atoms with van der Waals surface area (Å²) in [4.78, 5) is 13.5. The maximum Gasteiger partial charge on any atom is 0.231 e. The van der Waals surface area contributed by atoms with Crippen LogP contribution in [-0.2, 0) is 11.2 Å². The third kappa shape index (κ3) is 4.21. The van der Waals surface area contributed by atoms with Crippen LogP contribution >= 0.6 is 0 Å². The highest BCUT2D eigenvalue weighted by atomic mass is 16.7. The SMILES string of the molecule is CCc1cc2c(=O)c(-c3ccc4c(c3)OCO4)c(C)oc2cc1OC[C@@H]1O[C@@H](CO)[C@@H](O)[C@@H](O)[C@H]1O. The fraction of sp³-hybridized carbons (Fsp3) is 0.423. The molecule has 0 unspecified atom stereocenters. The van der Waals surface area contributed by atoms with Crippen molar-refractivity contribution in [3.63, 3.8) is 0 Å². The zero-order chi connectivity index (χ0) is 25.6. The van der Waals surface area contributed by atoms with Crippen molar-refractivity contribution < 1.29 is 43.8 Å². The van der Waals surface area contributed by atoms with Gasteiger partial charge in [0.2, 0.25) is 12.2 Å². The summed E-state index contributed by atoms with van der Waals surface area (Å²) in [5, 5.41) is 40.1. The van der Waals surface area contributed by atoms with Gasteiger partial charge in [-0.05, 0) is 42.7 Å². The lowest BCUT2D eigenvalue weighted by molar-refractivity contribution is -0.234. The van der Waals surface area contributed by atoms with Crippen LogP contribution in [0.3, 0.4) is 0 Å². The van der Waals surface area contributed by atoms with Gasteiger partial charge in [0.15, 0.2) is 11.5 Å². The van der Waals surface area contributed by atoms with Crippen molar-refractivity contribution in [3.8, 4) is 28.4 Å². The Kier molecular flexibility index (Phi) is 6.62. The van der Waals surface area contributed by atoms with Crippen LogP contribution in [0.1, 0.15) is 18.2 Å². The Bertz CT molecular complexity index is 1330. The summed E-state index contributed by atoms with van der Waals surface area (Å²) in [6, 6.07) is 8.65. The van der Waals surface area contributed by atoms with E-state index < -0.39 is 37.1 Å². The number of aliphatic hydroxyl groups excluding tert-OH is 4. The minimum atomic E-state index is -1.48. The molecule has 3 aromatic rings. The lowest BCUT2D eigenvalue weighted by atomic mass is 9.95. The molecule has 0 saturated carbocycles. The Labute approximate surface area is 206 Å². The van der Waals surface area contributed by atoms with Gasteiger partial charge >= 0.3 is 0 Å². The second kappa shape index (κ2) is 9.72. The quantitative estimate of drug-likeness (QED) is 0.390. The molecule has 10 nitrogen and oxygen atoms in total. The molecule has 2 aliphatic heterocycles. The molecule has 2 aromatic carbocycles. The van der Waals surface area contributed by atoms with Crippen molar-refractivity contribution in [1.29, 1.82) is 0 Å². The molecule has 0 amide bonds. The summed E-state index contributed by atoms with van der Waals surface area (Å²) in [7, 11) is 0. The number of aliphatic hydroxyl groups is 4. The van der Waals surface area contributed by atoms with Gasteiger partial charge < -0.3 is 43.8 Å². The molecule has 1 saturated heterocycles. The van der Waals surface area contributed by atoms with Crippen LogP contribution in [0.25, 0.3) is 22.1 Å². The van der Waals surface area contributed by atoms with E-state index in [4.69, 9.17) is 23.4 Å². The molecule has 3 heterocycles. The summed E-state index contributed by atoms with van der Waals surface area (Å²) < 4.78 is 28.3. The number of benzene rings is 2. The highest BCUT2D eigenvalue weighted by Crippen LogP contribution is 2.37. The van der Waals surface area contributed by atoms with Gasteiger partial charge in [0.25, 0.3) is 0 Å². The van der Waals surface area contributed by atoms with Crippen LogP contribution in [0, 0.1) is 6.92 Å². The Morgan fingerprint density at radius 1 is 1.00 bits per heavy atom. The summed E-state index contributed by atoms with van der Waals surface area (Å²) in [6.45, 7) is 3.08. The molecule has 0 radical (unpaired) electrons. The highest BCUT2D eigenvalue weighted by molar-refractivity contribution is 5.85. The summed E-state index contributed by atoms with van der Waals surface area (Å²) in [6.07, 6.45) is -5.78. The largest absolute Gasteiger partial charge is 0.490 e. The van der Waals surface area contributed by atoms with Crippen molar-refractivity contribution >= 4 is 11.0 Å². The number of fused-ring (bicyclic) bond motifs is 2. The van der Waals surface area contributed by atoms with E-state index in [1.54, 1.807) is 37.3 Å². The minimum absolute atomic E-state index is 0.135. The molecule has 5 rings (SSSR count). The average molecular weight is 501 g/mol. The van der Waals surface area contributed by atoms with Crippen molar-refractivity contribution in [1.82, 2.24) is 0 Å². The first-order valence-corrected chi connectivity index (χ1v) is 11.8. The normalized spacial score (nSPS) is 25.3. The molecule has 0 bridgehead atoms. The molecule has 36 heavy (non-hydrogen) atoms. The van der Waals surface area contributed by atoms with Gasteiger partial charge in [-0.2, -0.15) is 0 Å². The van der Waals surface area contributed by atoms with Gasteiger partial charge in [0, 0.05) is 6.07 Å². The summed E-state index contributed by atoms with van der Waals surface area (Å²) in [5.74, 6) is 2.05. The fourth-order valence-corrected chi connectivity index (χ4v) is 4.66. The Balaban J connectivity index is 1.46. The number of hydrogen-bond acceptors (Lipinski definition) is 10. The number of aryl methyl sites for hydroxylation is 2. The average Bonchev–Trinajstić information content (AvgIpc) is 3.34. The standard InChI is InChI=1S/C26H28O10/c1-3-13-6-15-18(8-17(13)32-10-21-25(30)26(31)24(29)20(9-27)36-21)35-12(2)22(23(15)28)14-4-5-16-19(7-14)34-11-33-16/h4-8,20-21,24-27,29-31H,3,9-11H2,1-2H3/t20-,21-,24+,25-,26+/m0/s1. The van der Waals surface area contributed by atoms with Crippen molar-refractivity contribution in [2.75, 3.05) is 20.0 Å². The van der Waals surface area contributed by atoms with Gasteiger partial charge in [-0.3, -0.25) is 4.79 Å². The maximum absolute atomic E-state index is 13.5. The zero-order valence-corrected chi connectivity index (χ0v) is 19.8. The first-order valence-electron chi connectivity index (χ1n) is 11.8. The lowest BCUT2D eigenvalue weighted by Gasteiger charge is -2.39. The van der Waals surface area contributed by atoms with E-state index in [0.29, 0.717) is 51.5 Å². The van der Waals surface area contributed by atoms with Gasteiger partial charge in [-0.25, -0.2) is 0 Å². The van der Waals surface area contributed by atoms with Crippen molar-refractivity contribution in [3.05, 3.63) is 51.9 Å². The Morgan fingerprint density at radius 3 is 2.50 bits per heavy atom.